The van der Waals surface area contributed by atoms with Crippen LogP contribution in [0.3, 0.4) is 0 Å². The van der Waals surface area contributed by atoms with Crippen LogP contribution in [0.25, 0.3) is 0 Å². The summed E-state index contributed by atoms with van der Waals surface area (Å²) in [5.74, 6) is -0.550. The predicted octanol–water partition coefficient (Wildman–Crippen LogP) is 1.58. The maximum absolute atomic E-state index is 12.0. The number of amides is 2. The number of sulfonamides is 1. The summed E-state index contributed by atoms with van der Waals surface area (Å²) in [6.07, 6.45) is 1.41. The Kier molecular flexibility index (Phi) is 7.09. The Balaban J connectivity index is 1.78. The molecule has 144 valence electrons. The number of nitrogens with one attached hydrogen (secondary N) is 2. The molecule has 0 aromatic heterocycles. The molecular weight excluding hydrogens is 366 g/mol. The van der Waals surface area contributed by atoms with Crippen molar-refractivity contribution in [1.82, 2.24) is 5.32 Å². The van der Waals surface area contributed by atoms with Gasteiger partial charge in [0, 0.05) is 12.1 Å². The van der Waals surface area contributed by atoms with Gasteiger partial charge in [-0.3, -0.25) is 9.59 Å². The van der Waals surface area contributed by atoms with Crippen molar-refractivity contribution in [2.45, 2.75) is 31.1 Å². The number of carbonyl (C=O) groups excluding carboxylic acids is 2. The van der Waals surface area contributed by atoms with Crippen molar-refractivity contribution in [2.24, 2.45) is 5.14 Å². The van der Waals surface area contributed by atoms with Gasteiger partial charge in [0.15, 0.2) is 0 Å². The minimum Gasteiger partial charge on any atom is -0.347 e. The van der Waals surface area contributed by atoms with Crippen LogP contribution in [0.5, 0.6) is 0 Å². The average molecular weight is 389 g/mol. The van der Waals surface area contributed by atoms with Gasteiger partial charge in [-0.25, -0.2) is 13.6 Å². The van der Waals surface area contributed by atoms with Gasteiger partial charge in [-0.15, -0.1) is 0 Å². The number of hydrogen-bond acceptors (Lipinski definition) is 4. The number of hydrogen-bond donors (Lipinski definition) is 3. The Morgan fingerprint density at radius 2 is 1.67 bits per heavy atom. The van der Waals surface area contributed by atoms with Gasteiger partial charge in [0.25, 0.3) is 0 Å². The molecule has 0 aliphatic heterocycles. The highest BCUT2D eigenvalue weighted by atomic mass is 32.2. The molecule has 2 rings (SSSR count). The third-order valence-corrected chi connectivity index (χ3v) is 4.94. The third kappa shape index (κ3) is 6.50. The molecule has 0 unspecified atom stereocenters. The maximum Gasteiger partial charge on any atom is 0.243 e. The van der Waals surface area contributed by atoms with E-state index in [0.717, 1.165) is 23.2 Å². The maximum atomic E-state index is 12.0. The Bertz CT molecular complexity index is 909. The third-order valence-electron chi connectivity index (χ3n) is 4.01. The minimum atomic E-state index is -3.72. The van der Waals surface area contributed by atoms with Gasteiger partial charge in [0.05, 0.1) is 11.4 Å². The Morgan fingerprint density at radius 3 is 2.30 bits per heavy atom. The molecule has 7 nitrogen and oxygen atoms in total. The zero-order valence-electron chi connectivity index (χ0n) is 15.1. The molecule has 0 radical (unpaired) electrons. The van der Waals surface area contributed by atoms with E-state index in [0.29, 0.717) is 6.42 Å². The van der Waals surface area contributed by atoms with E-state index in [-0.39, 0.29) is 29.7 Å². The molecule has 0 fully saturated rings. The normalized spacial score (nSPS) is 11.0. The lowest BCUT2D eigenvalue weighted by Crippen LogP contribution is -2.33. The number of carbonyl (C=O) groups is 2. The molecule has 0 bridgehead atoms. The molecule has 2 aromatic carbocycles. The van der Waals surface area contributed by atoms with Crippen molar-refractivity contribution in [1.29, 1.82) is 0 Å². The summed E-state index contributed by atoms with van der Waals surface area (Å²) in [4.78, 5) is 23.9. The van der Waals surface area contributed by atoms with Gasteiger partial charge >= 0.3 is 0 Å². The van der Waals surface area contributed by atoms with Crippen molar-refractivity contribution < 1.29 is 18.0 Å². The Morgan fingerprint density at radius 1 is 1.00 bits per heavy atom. The molecule has 4 N–H and O–H groups in total. The molecule has 0 aliphatic rings. The number of anilines is 1. The van der Waals surface area contributed by atoms with Crippen LogP contribution in [0, 0.1) is 0 Å². The van der Waals surface area contributed by atoms with Crippen molar-refractivity contribution >= 4 is 27.5 Å². The van der Waals surface area contributed by atoms with Gasteiger partial charge in [-0.2, -0.15) is 0 Å². The first kappa shape index (κ1) is 20.6. The number of nitrogens with two attached hydrogens (primary N) is 1. The van der Waals surface area contributed by atoms with Gasteiger partial charge < -0.3 is 10.6 Å². The fourth-order valence-electron chi connectivity index (χ4n) is 2.52. The molecular formula is C19H23N3O4S. The zero-order valence-corrected chi connectivity index (χ0v) is 15.9. The fourth-order valence-corrected chi connectivity index (χ4v) is 3.03. The highest BCUT2D eigenvalue weighted by molar-refractivity contribution is 7.89. The van der Waals surface area contributed by atoms with E-state index in [4.69, 9.17) is 5.14 Å². The zero-order chi connectivity index (χ0) is 19.9. The SMILES string of the molecule is CCc1ccccc1NC(=O)CNC(=O)CCc1ccc(S(N)(=O)=O)cc1. The van der Waals surface area contributed by atoms with Gasteiger partial charge in [0.2, 0.25) is 21.8 Å². The summed E-state index contributed by atoms with van der Waals surface area (Å²) in [5.41, 5.74) is 2.58. The van der Waals surface area contributed by atoms with Gasteiger partial charge in [0.1, 0.15) is 0 Å². The first-order chi connectivity index (χ1) is 12.8. The highest BCUT2D eigenvalue weighted by Gasteiger charge is 2.10. The largest absolute Gasteiger partial charge is 0.347 e. The summed E-state index contributed by atoms with van der Waals surface area (Å²) in [5, 5.41) is 10.4. The van der Waals surface area contributed by atoms with Crippen LogP contribution in [-0.2, 0) is 32.5 Å². The monoisotopic (exact) mass is 389 g/mol. The second kappa shape index (κ2) is 9.29. The van der Waals surface area contributed by atoms with E-state index in [1.807, 2.05) is 31.2 Å². The van der Waals surface area contributed by atoms with Crippen LogP contribution in [0.15, 0.2) is 53.4 Å². The highest BCUT2D eigenvalue weighted by Crippen LogP contribution is 2.15. The quantitative estimate of drug-likeness (QED) is 0.635. The van der Waals surface area contributed by atoms with E-state index in [9.17, 15) is 18.0 Å². The number of para-hydroxylation sites is 1. The predicted molar refractivity (Wildman–Crippen MR) is 104 cm³/mol. The summed E-state index contributed by atoms with van der Waals surface area (Å²) in [6.45, 7) is 1.89. The topological polar surface area (TPSA) is 118 Å². The van der Waals surface area contributed by atoms with E-state index in [1.165, 1.54) is 12.1 Å². The lowest BCUT2D eigenvalue weighted by molar-refractivity contribution is -0.124. The lowest BCUT2D eigenvalue weighted by Gasteiger charge is -2.10. The number of primary sulfonamides is 1. The first-order valence-electron chi connectivity index (χ1n) is 8.55. The number of aryl methyl sites for hydroxylation is 2. The van der Waals surface area contributed by atoms with Crippen molar-refractivity contribution in [2.75, 3.05) is 11.9 Å². The average Bonchev–Trinajstić information content (AvgIpc) is 2.64. The summed E-state index contributed by atoms with van der Waals surface area (Å²) < 4.78 is 22.4. The molecule has 2 amide bonds. The fraction of sp³-hybridized carbons (Fsp3) is 0.263. The molecule has 0 saturated carbocycles. The Labute approximate surface area is 159 Å². The van der Waals surface area contributed by atoms with Crippen LogP contribution in [0.2, 0.25) is 0 Å². The van der Waals surface area contributed by atoms with E-state index in [1.54, 1.807) is 12.1 Å². The van der Waals surface area contributed by atoms with Crippen LogP contribution in [0.1, 0.15) is 24.5 Å². The molecule has 2 aromatic rings. The van der Waals surface area contributed by atoms with Gasteiger partial charge in [-0.1, -0.05) is 37.3 Å². The van der Waals surface area contributed by atoms with E-state index >= 15 is 0 Å². The molecule has 0 heterocycles. The molecule has 0 aliphatic carbocycles. The second-order valence-electron chi connectivity index (χ2n) is 6.02. The van der Waals surface area contributed by atoms with Gasteiger partial charge in [-0.05, 0) is 42.2 Å². The molecule has 0 spiro atoms. The standard InChI is InChI=1S/C19H23N3O4S/c1-2-15-5-3-4-6-17(15)22-19(24)13-21-18(23)12-9-14-7-10-16(11-8-14)27(20,25)26/h3-8,10-11H,2,9,12-13H2,1H3,(H,21,23)(H,22,24)(H2,20,25,26). The summed E-state index contributed by atoms with van der Waals surface area (Å²) in [7, 11) is -3.72. The van der Waals surface area contributed by atoms with E-state index < -0.39 is 10.0 Å². The number of benzene rings is 2. The van der Waals surface area contributed by atoms with Crippen LogP contribution >= 0.6 is 0 Å². The van der Waals surface area contributed by atoms with Crippen LogP contribution < -0.4 is 15.8 Å². The summed E-state index contributed by atoms with van der Waals surface area (Å²) in [6, 6.07) is 13.5. The lowest BCUT2D eigenvalue weighted by atomic mass is 10.1. The first-order valence-corrected chi connectivity index (χ1v) is 10.1. The van der Waals surface area contributed by atoms with Crippen molar-refractivity contribution in [3.8, 4) is 0 Å². The summed E-state index contributed by atoms with van der Waals surface area (Å²) >= 11 is 0. The van der Waals surface area contributed by atoms with Crippen LogP contribution in [0.4, 0.5) is 5.69 Å². The van der Waals surface area contributed by atoms with E-state index in [2.05, 4.69) is 10.6 Å². The van der Waals surface area contributed by atoms with Crippen molar-refractivity contribution in [3.05, 3.63) is 59.7 Å². The number of rotatable bonds is 8. The molecule has 0 saturated heterocycles. The minimum absolute atomic E-state index is 0.0275. The molecule has 0 atom stereocenters. The molecule has 27 heavy (non-hydrogen) atoms. The van der Waals surface area contributed by atoms with Crippen LogP contribution in [-0.4, -0.2) is 26.8 Å². The Hall–Kier alpha value is -2.71. The van der Waals surface area contributed by atoms with Crippen molar-refractivity contribution in [3.63, 3.8) is 0 Å². The second-order valence-corrected chi connectivity index (χ2v) is 7.59. The molecule has 8 heteroatoms. The smallest absolute Gasteiger partial charge is 0.243 e.